The molecule has 5 nitrogen and oxygen atoms in total. The normalized spacial score (nSPS) is 14.4. The summed E-state index contributed by atoms with van der Waals surface area (Å²) in [4.78, 5) is 19.6. The molecule has 0 unspecified atom stereocenters. The van der Waals surface area contributed by atoms with Crippen molar-refractivity contribution in [1.82, 2.24) is 9.55 Å². The van der Waals surface area contributed by atoms with Crippen molar-refractivity contribution >= 4 is 45.9 Å². The molecule has 0 bridgehead atoms. The first-order valence-electron chi connectivity index (χ1n) is 11.3. The van der Waals surface area contributed by atoms with Crippen LogP contribution in [0.1, 0.15) is 37.8 Å². The van der Waals surface area contributed by atoms with Gasteiger partial charge in [-0.3, -0.25) is 0 Å². The molecule has 166 valence electrons. The molecule has 4 rings (SSSR count). The minimum atomic E-state index is -1.11. The van der Waals surface area contributed by atoms with E-state index in [1.165, 1.54) is 6.07 Å². The zero-order valence-electron chi connectivity index (χ0n) is 19.9. The number of fused-ring (bicyclic) bond motifs is 2. The van der Waals surface area contributed by atoms with E-state index in [1.54, 1.807) is 30.5 Å². The van der Waals surface area contributed by atoms with Crippen LogP contribution in [0, 0.1) is 17.7 Å². The van der Waals surface area contributed by atoms with E-state index in [0.717, 1.165) is 36.1 Å². The van der Waals surface area contributed by atoms with Crippen LogP contribution in [-0.4, -0.2) is 50.3 Å². The Hall–Kier alpha value is -2.98. The lowest BCUT2D eigenvalue weighted by Gasteiger charge is -2.29. The van der Waals surface area contributed by atoms with Crippen molar-refractivity contribution in [1.29, 1.82) is 0 Å². The van der Waals surface area contributed by atoms with Crippen LogP contribution in [0.15, 0.2) is 41.2 Å². The van der Waals surface area contributed by atoms with E-state index in [9.17, 15) is 9.90 Å². The van der Waals surface area contributed by atoms with Crippen LogP contribution in [-0.2, 0) is 11.7 Å². The highest BCUT2D eigenvalue weighted by Gasteiger charge is 2.27. The van der Waals surface area contributed by atoms with Crippen LogP contribution in [0.25, 0.3) is 10.9 Å². The van der Waals surface area contributed by atoms with Crippen LogP contribution < -0.4 is 10.6 Å². The summed E-state index contributed by atoms with van der Waals surface area (Å²) in [6.07, 6.45) is 2.61. The van der Waals surface area contributed by atoms with Crippen LogP contribution in [0.2, 0.25) is 0 Å². The Bertz CT molecular complexity index is 1350. The topological polar surface area (TPSA) is 58.4 Å². The van der Waals surface area contributed by atoms with Crippen molar-refractivity contribution in [3.8, 4) is 11.8 Å². The molecule has 0 spiro atoms. The van der Waals surface area contributed by atoms with Crippen molar-refractivity contribution in [2.45, 2.75) is 43.9 Å². The van der Waals surface area contributed by atoms with Crippen LogP contribution >= 0.6 is 0 Å². The van der Waals surface area contributed by atoms with Gasteiger partial charge in [0.2, 0.25) is 0 Å². The maximum atomic E-state index is 15.3. The molecule has 1 aromatic heterocycles. The van der Waals surface area contributed by atoms with Crippen molar-refractivity contribution in [3.63, 3.8) is 0 Å². The second-order valence-corrected chi connectivity index (χ2v) is 10.1. The molecule has 2 heterocycles. The number of halogens is 1. The number of hydrogen-bond acceptors (Lipinski definition) is 4. The first kappa shape index (κ1) is 23.2. The van der Waals surface area contributed by atoms with Gasteiger partial charge in [-0.15, -0.1) is 0 Å². The molecule has 2 aromatic carbocycles. The van der Waals surface area contributed by atoms with Gasteiger partial charge in [-0.05, 0) is 68.2 Å². The van der Waals surface area contributed by atoms with Gasteiger partial charge in [0.1, 0.15) is 35.0 Å². The minimum absolute atomic E-state index is 0.337. The third-order valence-electron chi connectivity index (χ3n) is 5.78. The largest absolute Gasteiger partial charge is 0.378 e. The van der Waals surface area contributed by atoms with E-state index < -0.39 is 22.3 Å². The molecular weight excluding hydrogens is 414 g/mol. The van der Waals surface area contributed by atoms with Gasteiger partial charge in [0.15, 0.2) is 5.82 Å². The summed E-state index contributed by atoms with van der Waals surface area (Å²) in [6, 6.07) is 10.6. The number of benzene rings is 2. The zero-order chi connectivity index (χ0) is 24.0. The van der Waals surface area contributed by atoms with E-state index in [1.807, 2.05) is 46.6 Å². The lowest BCUT2D eigenvalue weighted by Crippen LogP contribution is -2.44. The van der Waals surface area contributed by atoms with Gasteiger partial charge in [-0.1, -0.05) is 24.0 Å². The molecule has 0 radical (unpaired) electrons. The highest BCUT2D eigenvalue weighted by atomic mass is 19.1. The van der Waals surface area contributed by atoms with E-state index in [0.29, 0.717) is 23.3 Å². The van der Waals surface area contributed by atoms with Crippen LogP contribution in [0.3, 0.4) is 0 Å². The standard InChI is InChI=1S/C24H27B3FN3O2/c1-23(2,33)13-12-15-7-5-10-18-16(15)8-3-4-14-30(18)21-20-17(28)9-6-11-19(20)31(22(32)29-21)24(25,26)27/h5-7,9-11,33H,3-4,8,14,25-27H2,1-2H3. The molecule has 0 fully saturated rings. The minimum Gasteiger partial charge on any atom is -0.378 e. The fourth-order valence-electron chi connectivity index (χ4n) is 4.40. The van der Waals surface area contributed by atoms with E-state index >= 15 is 4.39 Å². The smallest absolute Gasteiger partial charge is 0.348 e. The maximum Gasteiger partial charge on any atom is 0.348 e. The summed E-state index contributed by atoms with van der Waals surface area (Å²) in [5, 5.41) is 9.86. The molecule has 1 N–H and O–H groups in total. The fourth-order valence-corrected chi connectivity index (χ4v) is 4.40. The molecule has 0 saturated heterocycles. The van der Waals surface area contributed by atoms with Crippen molar-refractivity contribution in [3.05, 3.63) is 63.8 Å². The maximum absolute atomic E-state index is 15.3. The van der Waals surface area contributed by atoms with Crippen molar-refractivity contribution < 1.29 is 9.50 Å². The van der Waals surface area contributed by atoms with Gasteiger partial charge in [0.05, 0.1) is 10.9 Å². The summed E-state index contributed by atoms with van der Waals surface area (Å²) in [7, 11) is 5.73. The molecule has 0 aliphatic carbocycles. The Morgan fingerprint density at radius 2 is 1.85 bits per heavy atom. The third-order valence-corrected chi connectivity index (χ3v) is 5.78. The SMILES string of the molecule is BC(B)(B)n1c(=O)nc(N2CCCCc3c(C#CC(C)(C)O)cccc32)c2c(F)cccc21. The highest BCUT2D eigenvalue weighted by Crippen LogP contribution is 2.37. The highest BCUT2D eigenvalue weighted by molar-refractivity contribution is 6.56. The second-order valence-electron chi connectivity index (χ2n) is 10.1. The Balaban J connectivity index is 2.00. The summed E-state index contributed by atoms with van der Waals surface area (Å²) < 4.78 is 16.8. The Morgan fingerprint density at radius 3 is 2.55 bits per heavy atom. The Kier molecular flexibility index (Phi) is 5.92. The Labute approximate surface area is 196 Å². The molecule has 0 amide bonds. The van der Waals surface area contributed by atoms with Crippen molar-refractivity contribution in [2.24, 2.45) is 0 Å². The first-order valence-corrected chi connectivity index (χ1v) is 11.3. The predicted molar refractivity (Wildman–Crippen MR) is 139 cm³/mol. The first-order chi connectivity index (χ1) is 15.5. The monoisotopic (exact) mass is 441 g/mol. The summed E-state index contributed by atoms with van der Waals surface area (Å²) in [5.74, 6) is 5.94. The lowest BCUT2D eigenvalue weighted by atomic mass is 9.49. The lowest BCUT2D eigenvalue weighted by molar-refractivity contribution is 0.143. The van der Waals surface area contributed by atoms with Gasteiger partial charge in [-0.2, -0.15) is 4.98 Å². The number of aliphatic hydroxyl groups is 1. The molecular formula is C24H27B3FN3O2. The third kappa shape index (κ3) is 4.58. The zero-order valence-corrected chi connectivity index (χ0v) is 19.9. The van der Waals surface area contributed by atoms with Crippen molar-refractivity contribution in [2.75, 3.05) is 11.4 Å². The van der Waals surface area contributed by atoms with Gasteiger partial charge in [0, 0.05) is 17.8 Å². The fraction of sp³-hybridized carbons (Fsp3) is 0.333. The van der Waals surface area contributed by atoms with E-state index in [4.69, 9.17) is 0 Å². The average Bonchev–Trinajstić information content (AvgIpc) is 2.93. The van der Waals surface area contributed by atoms with E-state index in [-0.39, 0.29) is 0 Å². The molecule has 0 atom stereocenters. The van der Waals surface area contributed by atoms with Gasteiger partial charge in [0.25, 0.3) is 0 Å². The predicted octanol–water partition coefficient (Wildman–Crippen LogP) is 0.599. The molecule has 3 aromatic rings. The van der Waals surface area contributed by atoms with Crippen LogP contribution in [0.5, 0.6) is 0 Å². The summed E-state index contributed by atoms with van der Waals surface area (Å²) in [6.45, 7) is 3.92. The number of anilines is 2. The summed E-state index contributed by atoms with van der Waals surface area (Å²) >= 11 is 0. The molecule has 33 heavy (non-hydrogen) atoms. The quantitative estimate of drug-likeness (QED) is 0.468. The Morgan fingerprint density at radius 1 is 1.12 bits per heavy atom. The number of rotatable bonds is 2. The number of hydrogen-bond donors (Lipinski definition) is 1. The molecule has 1 aliphatic rings. The molecule has 0 saturated carbocycles. The molecule has 9 heteroatoms. The van der Waals surface area contributed by atoms with Gasteiger partial charge in [-0.25, -0.2) is 9.18 Å². The second kappa shape index (κ2) is 8.42. The van der Waals surface area contributed by atoms with E-state index in [2.05, 4.69) is 16.8 Å². The number of nitrogens with zero attached hydrogens (tertiary/aromatic N) is 3. The average molecular weight is 441 g/mol. The van der Waals surface area contributed by atoms with Gasteiger partial charge >= 0.3 is 5.69 Å². The van der Waals surface area contributed by atoms with Crippen LogP contribution in [0.4, 0.5) is 15.9 Å². The van der Waals surface area contributed by atoms with Gasteiger partial charge < -0.3 is 14.6 Å². The summed E-state index contributed by atoms with van der Waals surface area (Å²) in [5.41, 5.74) is 1.75. The molecule has 1 aliphatic heterocycles. The number of aromatic nitrogens is 2.